The maximum Gasteiger partial charge on any atom is 0.165 e. The van der Waals surface area contributed by atoms with Gasteiger partial charge in [-0.15, -0.1) is 0 Å². The van der Waals surface area contributed by atoms with Crippen LogP contribution in [0.5, 0.6) is 5.75 Å². The molecule has 1 aliphatic rings. The number of aliphatic hydroxyl groups excluding tert-OH is 1. The van der Waals surface area contributed by atoms with Crippen LogP contribution in [0, 0.1) is 5.82 Å². The van der Waals surface area contributed by atoms with Crippen LogP contribution in [0.2, 0.25) is 0 Å². The van der Waals surface area contributed by atoms with Gasteiger partial charge in [-0.3, -0.25) is 0 Å². The van der Waals surface area contributed by atoms with Crippen molar-refractivity contribution in [3.05, 3.63) is 29.6 Å². The van der Waals surface area contributed by atoms with E-state index in [0.717, 1.165) is 5.56 Å². The molecule has 1 fully saturated rings. The molecule has 1 saturated heterocycles. The van der Waals surface area contributed by atoms with E-state index in [-0.39, 0.29) is 18.2 Å². The van der Waals surface area contributed by atoms with Gasteiger partial charge in [0.15, 0.2) is 11.6 Å². The lowest BCUT2D eigenvalue weighted by molar-refractivity contribution is -0.0842. The first-order valence-electron chi connectivity index (χ1n) is 5.33. The molecule has 3 nitrogen and oxygen atoms in total. The fourth-order valence-electron chi connectivity index (χ4n) is 1.80. The van der Waals surface area contributed by atoms with Gasteiger partial charge in [-0.2, -0.15) is 0 Å². The summed E-state index contributed by atoms with van der Waals surface area (Å²) in [5.41, 5.74) is 0.341. The molecule has 0 amide bonds. The number of benzene rings is 1. The Bertz CT molecular complexity index is 369. The highest BCUT2D eigenvalue weighted by Crippen LogP contribution is 2.33. The molecular formula is C12H15FO3. The monoisotopic (exact) mass is 226 g/mol. The Morgan fingerprint density at radius 3 is 2.69 bits per heavy atom. The molecule has 1 aromatic carbocycles. The van der Waals surface area contributed by atoms with Crippen LogP contribution < -0.4 is 4.74 Å². The van der Waals surface area contributed by atoms with Gasteiger partial charge in [0, 0.05) is 0 Å². The Morgan fingerprint density at radius 1 is 1.50 bits per heavy atom. The van der Waals surface area contributed by atoms with Crippen LogP contribution in [0.4, 0.5) is 4.39 Å². The van der Waals surface area contributed by atoms with Gasteiger partial charge in [-0.25, -0.2) is 4.39 Å². The second-order valence-electron chi connectivity index (χ2n) is 4.01. The highest BCUT2D eigenvalue weighted by Gasteiger charge is 2.40. The molecule has 0 saturated carbocycles. The summed E-state index contributed by atoms with van der Waals surface area (Å²) in [6.07, 6.45) is 0. The third-order valence-corrected chi connectivity index (χ3v) is 2.90. The standard InChI is InChI=1S/C12H15FO3/c1-2-16-11-4-3-9(5-10(11)13)12(6-14)7-15-8-12/h3-5,14H,2,6-8H2,1H3. The first-order valence-corrected chi connectivity index (χ1v) is 5.33. The Kier molecular flexibility index (Phi) is 3.12. The largest absolute Gasteiger partial charge is 0.491 e. The van der Waals surface area contributed by atoms with Crippen LogP contribution in [-0.2, 0) is 10.2 Å². The van der Waals surface area contributed by atoms with E-state index in [9.17, 15) is 9.50 Å². The zero-order valence-electron chi connectivity index (χ0n) is 9.20. The molecule has 1 heterocycles. The van der Waals surface area contributed by atoms with E-state index < -0.39 is 5.41 Å². The fourth-order valence-corrected chi connectivity index (χ4v) is 1.80. The van der Waals surface area contributed by atoms with Crippen LogP contribution in [0.15, 0.2) is 18.2 Å². The molecule has 0 spiro atoms. The molecule has 1 aromatic rings. The average molecular weight is 226 g/mol. The summed E-state index contributed by atoms with van der Waals surface area (Å²) in [7, 11) is 0. The second-order valence-corrected chi connectivity index (χ2v) is 4.01. The van der Waals surface area contributed by atoms with E-state index in [4.69, 9.17) is 9.47 Å². The minimum atomic E-state index is -0.425. The van der Waals surface area contributed by atoms with E-state index in [1.165, 1.54) is 6.07 Å². The lowest BCUT2D eigenvalue weighted by atomic mass is 9.79. The molecule has 0 aliphatic carbocycles. The van der Waals surface area contributed by atoms with Crippen LogP contribution in [-0.4, -0.2) is 31.5 Å². The number of aliphatic hydroxyl groups is 1. The Hall–Kier alpha value is -1.13. The topological polar surface area (TPSA) is 38.7 Å². The van der Waals surface area contributed by atoms with Crippen molar-refractivity contribution in [2.75, 3.05) is 26.4 Å². The Labute approximate surface area is 93.8 Å². The Balaban J connectivity index is 2.26. The van der Waals surface area contributed by atoms with Crippen molar-refractivity contribution in [2.45, 2.75) is 12.3 Å². The Morgan fingerprint density at radius 2 is 2.25 bits per heavy atom. The van der Waals surface area contributed by atoms with E-state index in [2.05, 4.69) is 0 Å². The molecule has 1 aliphatic heterocycles. The highest BCUT2D eigenvalue weighted by atomic mass is 19.1. The lowest BCUT2D eigenvalue weighted by Crippen LogP contribution is -2.49. The van der Waals surface area contributed by atoms with Crippen molar-refractivity contribution in [3.8, 4) is 5.75 Å². The lowest BCUT2D eigenvalue weighted by Gasteiger charge is -2.40. The highest BCUT2D eigenvalue weighted by molar-refractivity contribution is 5.35. The number of rotatable bonds is 4. The molecule has 0 radical (unpaired) electrons. The van der Waals surface area contributed by atoms with Gasteiger partial charge in [0.25, 0.3) is 0 Å². The summed E-state index contributed by atoms with van der Waals surface area (Å²) in [4.78, 5) is 0. The number of hydrogen-bond donors (Lipinski definition) is 1. The summed E-state index contributed by atoms with van der Waals surface area (Å²) >= 11 is 0. The van der Waals surface area contributed by atoms with Gasteiger partial charge < -0.3 is 14.6 Å². The summed E-state index contributed by atoms with van der Waals surface area (Å²) in [5, 5.41) is 9.32. The third kappa shape index (κ3) is 1.79. The molecule has 1 N–H and O–H groups in total. The SMILES string of the molecule is CCOc1ccc(C2(CO)COC2)cc1F. The average Bonchev–Trinajstić information content (AvgIpc) is 2.21. The second kappa shape index (κ2) is 4.39. The molecule has 0 unspecified atom stereocenters. The van der Waals surface area contributed by atoms with E-state index in [1.54, 1.807) is 12.1 Å². The third-order valence-electron chi connectivity index (χ3n) is 2.90. The minimum absolute atomic E-state index is 0.0274. The number of halogens is 1. The number of hydrogen-bond acceptors (Lipinski definition) is 3. The molecule has 88 valence electrons. The van der Waals surface area contributed by atoms with Gasteiger partial charge in [0.05, 0.1) is 31.8 Å². The van der Waals surface area contributed by atoms with Crippen molar-refractivity contribution >= 4 is 0 Å². The molecule has 0 aromatic heterocycles. The fraction of sp³-hybridized carbons (Fsp3) is 0.500. The maximum absolute atomic E-state index is 13.6. The van der Waals surface area contributed by atoms with E-state index in [1.807, 2.05) is 6.92 Å². The molecule has 4 heteroatoms. The normalized spacial score (nSPS) is 17.9. The van der Waals surface area contributed by atoms with Crippen molar-refractivity contribution < 1.29 is 19.0 Å². The van der Waals surface area contributed by atoms with Crippen LogP contribution in [0.1, 0.15) is 12.5 Å². The molecule has 0 atom stereocenters. The zero-order valence-corrected chi connectivity index (χ0v) is 9.20. The molecular weight excluding hydrogens is 211 g/mol. The summed E-state index contributed by atoms with van der Waals surface area (Å²) < 4.78 is 23.8. The van der Waals surface area contributed by atoms with Gasteiger partial charge >= 0.3 is 0 Å². The van der Waals surface area contributed by atoms with E-state index >= 15 is 0 Å². The quantitative estimate of drug-likeness (QED) is 0.845. The van der Waals surface area contributed by atoms with Crippen molar-refractivity contribution in [1.82, 2.24) is 0 Å². The maximum atomic E-state index is 13.6. The van der Waals surface area contributed by atoms with Gasteiger partial charge in [0.1, 0.15) is 0 Å². The molecule has 2 rings (SSSR count). The minimum Gasteiger partial charge on any atom is -0.491 e. The van der Waals surface area contributed by atoms with Gasteiger partial charge in [0.2, 0.25) is 0 Å². The van der Waals surface area contributed by atoms with Crippen molar-refractivity contribution in [1.29, 1.82) is 0 Å². The number of ether oxygens (including phenoxy) is 2. The summed E-state index contributed by atoms with van der Waals surface area (Å²) in [5.74, 6) is -0.140. The van der Waals surface area contributed by atoms with Crippen LogP contribution >= 0.6 is 0 Å². The van der Waals surface area contributed by atoms with Crippen LogP contribution in [0.3, 0.4) is 0 Å². The van der Waals surface area contributed by atoms with Gasteiger partial charge in [-0.05, 0) is 24.6 Å². The summed E-state index contributed by atoms with van der Waals surface area (Å²) in [6.45, 7) is 3.10. The summed E-state index contributed by atoms with van der Waals surface area (Å²) in [6, 6.07) is 4.81. The van der Waals surface area contributed by atoms with E-state index in [0.29, 0.717) is 19.8 Å². The first kappa shape index (κ1) is 11.4. The van der Waals surface area contributed by atoms with Crippen LogP contribution in [0.25, 0.3) is 0 Å². The molecule has 16 heavy (non-hydrogen) atoms. The smallest absolute Gasteiger partial charge is 0.165 e. The first-order chi connectivity index (χ1) is 7.72. The van der Waals surface area contributed by atoms with Crippen molar-refractivity contribution in [3.63, 3.8) is 0 Å². The zero-order chi connectivity index (χ0) is 11.6. The predicted octanol–water partition coefficient (Wildman–Crippen LogP) is 1.48. The molecule has 0 bridgehead atoms. The van der Waals surface area contributed by atoms with Crippen molar-refractivity contribution in [2.24, 2.45) is 0 Å². The predicted molar refractivity (Wildman–Crippen MR) is 57.2 cm³/mol. The van der Waals surface area contributed by atoms with Gasteiger partial charge in [-0.1, -0.05) is 6.07 Å².